The number of fused-ring (bicyclic) bond motifs is 6. The van der Waals surface area contributed by atoms with Crippen molar-refractivity contribution in [1.29, 1.82) is 0 Å². The summed E-state index contributed by atoms with van der Waals surface area (Å²) in [6.07, 6.45) is 19.9. The first-order chi connectivity index (χ1) is 22.6. The highest BCUT2D eigenvalue weighted by Gasteiger charge is 2.59. The summed E-state index contributed by atoms with van der Waals surface area (Å²) < 4.78 is 9.97. The summed E-state index contributed by atoms with van der Waals surface area (Å²) in [4.78, 5) is 13.4. The number of allylic oxidation sites excluding steroid dienone is 2. The number of hydrogen-bond acceptors (Lipinski definition) is 2. The number of rotatable bonds is 10. The second kappa shape index (κ2) is 14.1. The molecule has 3 fully saturated rings. The van der Waals surface area contributed by atoms with E-state index in [-0.39, 0.29) is 22.8 Å². The molecular weight excluding hydrogens is 656 g/mol. The van der Waals surface area contributed by atoms with Crippen LogP contribution in [0, 0.1) is 46.3 Å². The fraction of sp³-hybridized carbons (Fsp3) is 0.628. The van der Waals surface area contributed by atoms with E-state index in [1.807, 2.05) is 24.3 Å². The predicted molar refractivity (Wildman–Crippen MR) is 192 cm³/mol. The third-order valence-electron chi connectivity index (χ3n) is 14.1. The smallest absolute Gasteiger partial charge is 0.245 e. The van der Waals surface area contributed by atoms with Crippen molar-refractivity contribution in [2.45, 2.75) is 118 Å². The Morgan fingerprint density at radius 2 is 1.73 bits per heavy atom. The number of imidazole rings is 1. The van der Waals surface area contributed by atoms with Gasteiger partial charge in [-0.2, -0.15) is 0 Å². The summed E-state index contributed by atoms with van der Waals surface area (Å²) in [5.41, 5.74) is 5.72. The molecule has 3 aromatic rings. The minimum absolute atomic E-state index is 0. The van der Waals surface area contributed by atoms with Gasteiger partial charge in [-0.05, 0) is 128 Å². The molecule has 8 atom stereocenters. The van der Waals surface area contributed by atoms with Crippen LogP contribution in [0.5, 0.6) is 5.75 Å². The van der Waals surface area contributed by atoms with E-state index in [4.69, 9.17) is 4.74 Å². The summed E-state index contributed by atoms with van der Waals surface area (Å²) in [6, 6.07) is 16.6. The number of hydrogen-bond donors (Lipinski definition) is 0. The van der Waals surface area contributed by atoms with Gasteiger partial charge in [0.1, 0.15) is 11.8 Å². The summed E-state index contributed by atoms with van der Waals surface area (Å²) in [5.74, 6) is 6.12. The molecule has 0 unspecified atom stereocenters. The lowest BCUT2D eigenvalue weighted by molar-refractivity contribution is -0.658. The Balaban J connectivity index is 0.00000401. The van der Waals surface area contributed by atoms with Crippen LogP contribution in [0.25, 0.3) is 11.0 Å². The highest BCUT2D eigenvalue weighted by Crippen LogP contribution is 2.67. The molecule has 2 aromatic carbocycles. The quantitative estimate of drug-likeness (QED) is 0.125. The molecule has 0 saturated heterocycles. The largest absolute Gasteiger partial charge is 1.00 e. The zero-order valence-corrected chi connectivity index (χ0v) is 32.0. The van der Waals surface area contributed by atoms with E-state index in [9.17, 15) is 4.79 Å². The van der Waals surface area contributed by atoms with Crippen LogP contribution < -0.4 is 26.3 Å². The second-order valence-electron chi connectivity index (χ2n) is 17.0. The van der Waals surface area contributed by atoms with Gasteiger partial charge < -0.3 is 21.7 Å². The fourth-order valence-corrected chi connectivity index (χ4v) is 11.5. The lowest BCUT2D eigenvalue weighted by atomic mass is 9.47. The molecule has 4 nitrogen and oxygen atoms in total. The molecule has 4 aliphatic rings. The Morgan fingerprint density at radius 3 is 2.48 bits per heavy atom. The summed E-state index contributed by atoms with van der Waals surface area (Å²) in [7, 11) is 1.66. The molecule has 7 rings (SSSR count). The van der Waals surface area contributed by atoms with Crippen LogP contribution in [0.4, 0.5) is 0 Å². The number of nitrogens with zero attached hydrogens (tertiary/aromatic N) is 2. The van der Waals surface area contributed by atoms with Gasteiger partial charge in [-0.1, -0.05) is 77.7 Å². The standard InChI is InChI=1S/C43H59N2O2.BrH/c1-29(2)10-9-11-30(3)36-20-21-37-35-19-16-32-26-33(22-24-42(32,4)38(35)23-25-43(36,37)5)45-28-44(39-12-7-8-13-40(39)45)27-41(46)31-14-17-34(47-6)18-15-31;/h7-8,12-18,28-30,33,35-38H,9-11,19-27H2,1-6H3;1H/q+1;/p-1/t30-,33-,35+,36-,37+,38+,42+,43-;/m1./s1. The van der Waals surface area contributed by atoms with Gasteiger partial charge in [-0.15, -0.1) is 0 Å². The second-order valence-corrected chi connectivity index (χ2v) is 17.0. The first-order valence-corrected chi connectivity index (χ1v) is 19.0. The van der Waals surface area contributed by atoms with E-state index in [0.29, 0.717) is 23.4 Å². The highest BCUT2D eigenvalue weighted by molar-refractivity contribution is 5.95. The number of carbonyl (C=O) groups excluding carboxylic acids is 1. The van der Waals surface area contributed by atoms with Crippen molar-refractivity contribution >= 4 is 16.8 Å². The summed E-state index contributed by atoms with van der Waals surface area (Å²) >= 11 is 0. The molecule has 0 aliphatic heterocycles. The van der Waals surface area contributed by atoms with E-state index in [1.54, 1.807) is 12.7 Å². The molecular formula is C43H59BrN2O2. The van der Waals surface area contributed by atoms with Gasteiger partial charge in [0, 0.05) is 12.0 Å². The minimum atomic E-state index is 0. The maximum atomic E-state index is 13.4. The van der Waals surface area contributed by atoms with Crippen LogP contribution in [0.3, 0.4) is 0 Å². The number of benzene rings is 2. The zero-order chi connectivity index (χ0) is 32.9. The lowest BCUT2D eigenvalue weighted by Crippen LogP contribution is -3.00. The summed E-state index contributed by atoms with van der Waals surface area (Å²) in [5, 5.41) is 0. The maximum absolute atomic E-state index is 13.4. The SMILES string of the molecule is COc1ccc(C(=O)C[n+]2cn([C@@H]3CC[C@@]4(C)C(=CC[C@H]5[C@@H]6CC[C@H]([C@H](C)CCCC(C)C)[C@@]6(C)CC[C@@H]54)C3)c3ccccc32)cc1.[Br-]. The number of para-hydroxylation sites is 2. The van der Waals surface area contributed by atoms with Crippen molar-refractivity contribution in [2.75, 3.05) is 7.11 Å². The molecule has 1 aromatic heterocycles. The number of methoxy groups -OCH3 is 1. The van der Waals surface area contributed by atoms with Gasteiger partial charge in [-0.3, -0.25) is 4.79 Å². The Hall–Kier alpha value is -2.40. The van der Waals surface area contributed by atoms with Crippen molar-refractivity contribution in [3.63, 3.8) is 0 Å². The lowest BCUT2D eigenvalue weighted by Gasteiger charge is -2.58. The molecule has 48 heavy (non-hydrogen) atoms. The number of ether oxygens (including phenoxy) is 1. The van der Waals surface area contributed by atoms with E-state index >= 15 is 0 Å². The van der Waals surface area contributed by atoms with Crippen LogP contribution in [-0.2, 0) is 6.54 Å². The van der Waals surface area contributed by atoms with Crippen molar-refractivity contribution in [3.8, 4) is 5.75 Å². The monoisotopic (exact) mass is 714 g/mol. The van der Waals surface area contributed by atoms with Gasteiger partial charge in [0.15, 0.2) is 17.6 Å². The molecule has 0 spiro atoms. The number of ketones is 1. The van der Waals surface area contributed by atoms with Crippen LogP contribution in [0.15, 0.2) is 66.5 Å². The molecule has 0 radical (unpaired) electrons. The van der Waals surface area contributed by atoms with Crippen molar-refractivity contribution in [2.24, 2.45) is 46.3 Å². The first-order valence-electron chi connectivity index (χ1n) is 19.0. The molecule has 1 heterocycles. The average Bonchev–Trinajstić information content (AvgIpc) is 3.62. The van der Waals surface area contributed by atoms with E-state index in [1.165, 1.54) is 69.7 Å². The molecule has 3 saturated carbocycles. The topological polar surface area (TPSA) is 35.1 Å². The van der Waals surface area contributed by atoms with Crippen LogP contribution in [0.1, 0.15) is 122 Å². The number of Topliss-reactive ketones (excluding diaryl/α,β-unsaturated/α-hetero) is 1. The molecule has 260 valence electrons. The maximum Gasteiger partial charge on any atom is 0.245 e. The first kappa shape index (κ1) is 35.4. The van der Waals surface area contributed by atoms with Gasteiger partial charge in [0.05, 0.1) is 7.11 Å². The third-order valence-corrected chi connectivity index (χ3v) is 14.1. The van der Waals surface area contributed by atoms with Crippen LogP contribution in [-0.4, -0.2) is 17.5 Å². The van der Waals surface area contributed by atoms with Crippen molar-refractivity contribution in [3.05, 3.63) is 72.1 Å². The van der Waals surface area contributed by atoms with Crippen molar-refractivity contribution < 1.29 is 31.1 Å². The number of carbonyl (C=O) groups is 1. The predicted octanol–water partition coefficient (Wildman–Crippen LogP) is 7.41. The third kappa shape index (κ3) is 6.24. The molecule has 0 N–H and O–H groups in total. The average molecular weight is 716 g/mol. The van der Waals surface area contributed by atoms with E-state index < -0.39 is 0 Å². The van der Waals surface area contributed by atoms with E-state index in [0.717, 1.165) is 58.8 Å². The van der Waals surface area contributed by atoms with Gasteiger partial charge >= 0.3 is 0 Å². The van der Waals surface area contributed by atoms with Gasteiger partial charge in [-0.25, -0.2) is 9.13 Å². The minimum Gasteiger partial charge on any atom is -1.00 e. The van der Waals surface area contributed by atoms with Crippen LogP contribution >= 0.6 is 0 Å². The number of halogens is 1. The Labute approximate surface area is 300 Å². The fourth-order valence-electron chi connectivity index (χ4n) is 11.5. The van der Waals surface area contributed by atoms with Gasteiger partial charge in [0.2, 0.25) is 12.1 Å². The molecule has 4 aliphatic carbocycles. The molecule has 0 amide bonds. The normalized spacial score (nSPS) is 31.7. The van der Waals surface area contributed by atoms with E-state index in [2.05, 4.69) is 80.4 Å². The van der Waals surface area contributed by atoms with Crippen molar-refractivity contribution in [1.82, 2.24) is 4.57 Å². The summed E-state index contributed by atoms with van der Waals surface area (Å²) in [6.45, 7) is 13.1. The zero-order valence-electron chi connectivity index (χ0n) is 30.4. The number of aromatic nitrogens is 2. The van der Waals surface area contributed by atoms with Crippen LogP contribution in [0.2, 0.25) is 0 Å². The Bertz CT molecular complexity index is 1620. The highest BCUT2D eigenvalue weighted by atomic mass is 79.9. The Morgan fingerprint density at radius 1 is 0.958 bits per heavy atom. The molecule has 0 bridgehead atoms. The Kier molecular flexibility index (Phi) is 10.4. The molecule has 5 heteroatoms. The van der Waals surface area contributed by atoms with Gasteiger partial charge in [0.25, 0.3) is 0 Å².